The van der Waals surface area contributed by atoms with Crippen LogP contribution in [0.5, 0.6) is 5.75 Å². The van der Waals surface area contributed by atoms with Crippen molar-refractivity contribution in [2.24, 2.45) is 0 Å². The van der Waals surface area contributed by atoms with E-state index in [1.54, 1.807) is 0 Å². The number of unbranched alkanes of at least 4 members (excludes halogenated alkanes) is 3. The van der Waals surface area contributed by atoms with Crippen LogP contribution in [0.1, 0.15) is 32.6 Å². The second-order valence-corrected chi connectivity index (χ2v) is 4.17. The van der Waals surface area contributed by atoms with Crippen LogP contribution in [-0.2, 0) is 0 Å². The van der Waals surface area contributed by atoms with Crippen molar-refractivity contribution in [2.45, 2.75) is 32.6 Å². The first-order valence-electron chi connectivity index (χ1n) is 6.07. The van der Waals surface area contributed by atoms with Gasteiger partial charge in [0.2, 0.25) is 0 Å². The summed E-state index contributed by atoms with van der Waals surface area (Å²) in [7, 11) is 0. The van der Waals surface area contributed by atoms with Crippen LogP contribution in [0, 0.1) is 5.82 Å². The van der Waals surface area contributed by atoms with Gasteiger partial charge in [0, 0.05) is 0 Å². The summed E-state index contributed by atoms with van der Waals surface area (Å²) in [4.78, 5) is 0. The van der Waals surface area contributed by atoms with E-state index in [4.69, 9.17) is 4.74 Å². The summed E-state index contributed by atoms with van der Waals surface area (Å²) < 4.78 is 55.7. The summed E-state index contributed by atoms with van der Waals surface area (Å²) in [6, 6.07) is 2.26. The van der Waals surface area contributed by atoms with Gasteiger partial charge in [-0.2, -0.15) is 0 Å². The van der Waals surface area contributed by atoms with Crippen LogP contribution in [0.15, 0.2) is 18.2 Å². The minimum atomic E-state index is -5.12. The van der Waals surface area contributed by atoms with E-state index >= 15 is 0 Å². The maximum atomic E-state index is 13.2. The lowest BCUT2D eigenvalue weighted by Crippen LogP contribution is -2.34. The van der Waals surface area contributed by atoms with Crippen LogP contribution in [0.2, 0.25) is 0 Å². The van der Waals surface area contributed by atoms with Crippen LogP contribution in [-0.4, -0.2) is 13.6 Å². The van der Waals surface area contributed by atoms with Gasteiger partial charge < -0.3 is 17.7 Å². The maximum Gasteiger partial charge on any atom is 0.509 e. The third kappa shape index (κ3) is 4.59. The normalized spacial score (nSPS) is 11.6. The minimum absolute atomic E-state index is 0.241. The molecule has 0 spiro atoms. The Balaban J connectivity index is 2.59. The molecule has 0 fully saturated rings. The summed E-state index contributed by atoms with van der Waals surface area (Å²) in [6.07, 6.45) is 3.74. The van der Waals surface area contributed by atoms with E-state index < -0.39 is 18.3 Å². The number of benzene rings is 1. The van der Waals surface area contributed by atoms with Crippen molar-refractivity contribution >= 4 is 12.4 Å². The molecule has 0 atom stereocenters. The van der Waals surface area contributed by atoms with E-state index in [9.17, 15) is 17.3 Å². The lowest BCUT2D eigenvalue weighted by Gasteiger charge is -2.16. The quantitative estimate of drug-likeness (QED) is 0.412. The zero-order valence-electron chi connectivity index (χ0n) is 10.3. The fraction of sp³-hybridized carbons (Fsp3) is 0.500. The van der Waals surface area contributed by atoms with Crippen LogP contribution in [0.3, 0.4) is 0 Å². The molecule has 1 rings (SSSR count). The highest BCUT2D eigenvalue weighted by Gasteiger charge is 2.26. The number of halogens is 4. The molecule has 102 valence electrons. The number of hydrogen-bond acceptors (Lipinski definition) is 1. The minimum Gasteiger partial charge on any atom is -0.491 e. The molecule has 0 heterocycles. The first-order valence-corrected chi connectivity index (χ1v) is 6.07. The molecular formula is C12H16BF4O-. The van der Waals surface area contributed by atoms with Crippen LogP contribution < -0.4 is 10.2 Å². The molecular weight excluding hydrogens is 247 g/mol. The van der Waals surface area contributed by atoms with Gasteiger partial charge in [-0.15, -0.1) is 5.46 Å². The maximum absolute atomic E-state index is 13.2. The van der Waals surface area contributed by atoms with Crippen LogP contribution >= 0.6 is 0 Å². The molecule has 1 nitrogen and oxygen atoms in total. The molecule has 18 heavy (non-hydrogen) atoms. The predicted octanol–water partition coefficient (Wildman–Crippen LogP) is 3.84. The van der Waals surface area contributed by atoms with Gasteiger partial charge in [0.25, 0.3) is 0 Å². The van der Waals surface area contributed by atoms with Crippen molar-refractivity contribution in [1.82, 2.24) is 0 Å². The van der Waals surface area contributed by atoms with E-state index in [-0.39, 0.29) is 12.4 Å². The van der Waals surface area contributed by atoms with Crippen molar-refractivity contribution in [3.8, 4) is 5.75 Å². The molecule has 0 aromatic heterocycles. The van der Waals surface area contributed by atoms with Gasteiger partial charge in [-0.25, -0.2) is 4.39 Å². The summed E-state index contributed by atoms with van der Waals surface area (Å²) >= 11 is 0. The first kappa shape index (κ1) is 14.9. The van der Waals surface area contributed by atoms with E-state index in [2.05, 4.69) is 6.92 Å². The zero-order valence-corrected chi connectivity index (χ0v) is 10.3. The van der Waals surface area contributed by atoms with Crippen molar-refractivity contribution in [1.29, 1.82) is 0 Å². The Hall–Kier alpha value is -1.20. The third-order valence-corrected chi connectivity index (χ3v) is 2.59. The first-order chi connectivity index (χ1) is 8.45. The molecule has 6 heteroatoms. The lowest BCUT2D eigenvalue weighted by molar-refractivity contribution is 0.290. The molecule has 0 radical (unpaired) electrons. The lowest BCUT2D eigenvalue weighted by atomic mass is 9.80. The summed E-state index contributed by atoms with van der Waals surface area (Å²) in [5, 5.41) is 0. The average Bonchev–Trinajstić information content (AvgIpc) is 2.29. The Morgan fingerprint density at radius 3 is 2.44 bits per heavy atom. The van der Waals surface area contributed by atoms with Gasteiger partial charge >= 0.3 is 6.98 Å². The molecule has 0 unspecified atom stereocenters. The Kier molecular flexibility index (Phi) is 5.50. The van der Waals surface area contributed by atoms with Gasteiger partial charge in [0.05, 0.1) is 6.61 Å². The molecule has 0 amide bonds. The molecule has 1 aromatic rings. The SMILES string of the molecule is CCCCCCOc1cc([B-](F)(F)F)ccc1F. The van der Waals surface area contributed by atoms with Crippen molar-refractivity contribution in [3.05, 3.63) is 24.0 Å². The van der Waals surface area contributed by atoms with E-state index in [1.165, 1.54) is 0 Å². The number of rotatable bonds is 7. The van der Waals surface area contributed by atoms with E-state index in [1.807, 2.05) is 0 Å². The van der Waals surface area contributed by atoms with Gasteiger partial charge in [0.15, 0.2) is 11.6 Å². The summed E-state index contributed by atoms with van der Waals surface area (Å²) in [6.45, 7) is -2.82. The van der Waals surface area contributed by atoms with Gasteiger partial charge in [-0.05, 0) is 18.6 Å². The molecule has 0 saturated carbocycles. The standard InChI is InChI=1S/C12H16BF4O/c1-2-3-4-5-8-18-12-9-10(13(15,16)17)6-7-11(12)14/h6-7,9H,2-5,8H2,1H3/q-1. The molecule has 0 aliphatic carbocycles. The van der Waals surface area contributed by atoms with Crippen LogP contribution in [0.4, 0.5) is 17.3 Å². The largest absolute Gasteiger partial charge is 0.509 e. The Morgan fingerprint density at radius 1 is 1.11 bits per heavy atom. The van der Waals surface area contributed by atoms with Crippen molar-refractivity contribution in [2.75, 3.05) is 6.61 Å². The van der Waals surface area contributed by atoms with Crippen molar-refractivity contribution in [3.63, 3.8) is 0 Å². The molecule has 1 aromatic carbocycles. The highest BCUT2D eigenvalue weighted by molar-refractivity contribution is 6.73. The molecule has 0 aliphatic rings. The number of hydrogen-bond donors (Lipinski definition) is 0. The molecule has 0 saturated heterocycles. The summed E-state index contributed by atoms with van der Waals surface area (Å²) in [5.74, 6) is -1.07. The molecule has 0 aliphatic heterocycles. The predicted molar refractivity (Wildman–Crippen MR) is 64.7 cm³/mol. The topological polar surface area (TPSA) is 9.23 Å². The number of ether oxygens (including phenoxy) is 1. The van der Waals surface area contributed by atoms with Crippen LogP contribution in [0.25, 0.3) is 0 Å². The second kappa shape index (κ2) is 6.66. The Labute approximate surface area is 104 Å². The monoisotopic (exact) mass is 263 g/mol. The fourth-order valence-electron chi connectivity index (χ4n) is 1.55. The van der Waals surface area contributed by atoms with Gasteiger partial charge in [-0.3, -0.25) is 0 Å². The van der Waals surface area contributed by atoms with Gasteiger partial charge in [-0.1, -0.05) is 32.3 Å². The second-order valence-electron chi connectivity index (χ2n) is 4.17. The Morgan fingerprint density at radius 2 is 1.83 bits per heavy atom. The highest BCUT2D eigenvalue weighted by atomic mass is 19.4. The smallest absolute Gasteiger partial charge is 0.491 e. The summed E-state index contributed by atoms with van der Waals surface area (Å²) in [5.41, 5.74) is -0.833. The fourth-order valence-corrected chi connectivity index (χ4v) is 1.55. The van der Waals surface area contributed by atoms with E-state index in [0.717, 1.165) is 37.5 Å². The molecule has 0 N–H and O–H groups in total. The Bertz CT molecular complexity index is 379. The highest BCUT2D eigenvalue weighted by Crippen LogP contribution is 2.19. The van der Waals surface area contributed by atoms with Crippen molar-refractivity contribution < 1.29 is 22.1 Å². The molecule has 0 bridgehead atoms. The van der Waals surface area contributed by atoms with E-state index in [0.29, 0.717) is 6.42 Å². The zero-order chi connectivity index (χ0) is 13.6. The van der Waals surface area contributed by atoms with Gasteiger partial charge in [0.1, 0.15) is 0 Å². The third-order valence-electron chi connectivity index (χ3n) is 2.59. The average molecular weight is 263 g/mol.